The van der Waals surface area contributed by atoms with Gasteiger partial charge < -0.3 is 5.32 Å². The summed E-state index contributed by atoms with van der Waals surface area (Å²) in [4.78, 5) is 0. The summed E-state index contributed by atoms with van der Waals surface area (Å²) in [5.74, 6) is 1.36. The van der Waals surface area contributed by atoms with Crippen molar-refractivity contribution in [2.45, 2.75) is 19.9 Å². The van der Waals surface area contributed by atoms with E-state index >= 15 is 0 Å². The van der Waals surface area contributed by atoms with E-state index in [0.29, 0.717) is 5.92 Å². The van der Waals surface area contributed by atoms with Crippen LogP contribution < -0.4 is 5.32 Å². The van der Waals surface area contributed by atoms with Gasteiger partial charge in [-0.15, -0.1) is 11.6 Å². The maximum atomic E-state index is 5.89. The molecule has 3 heteroatoms. The molecule has 0 amide bonds. The van der Waals surface area contributed by atoms with Gasteiger partial charge in [0.05, 0.1) is 0 Å². The Kier molecular flexibility index (Phi) is 6.07. The van der Waals surface area contributed by atoms with Crippen molar-refractivity contribution < 1.29 is 0 Å². The van der Waals surface area contributed by atoms with Crippen molar-refractivity contribution in [2.75, 3.05) is 12.4 Å². The zero-order valence-electron chi connectivity index (χ0n) is 8.97. The van der Waals surface area contributed by atoms with Crippen molar-refractivity contribution in [3.63, 3.8) is 0 Å². The largest absolute Gasteiger partial charge is 0.312 e. The zero-order chi connectivity index (χ0) is 11.1. The molecule has 1 unspecified atom stereocenters. The Hall–Kier alpha value is -0.240. The second-order valence-electron chi connectivity index (χ2n) is 3.84. The van der Waals surface area contributed by atoms with Crippen molar-refractivity contribution in [1.29, 1.82) is 0 Å². The lowest BCUT2D eigenvalue weighted by Gasteiger charge is -2.10. The van der Waals surface area contributed by atoms with Crippen LogP contribution in [0.25, 0.3) is 0 Å². The Labute approximate surface area is 102 Å². The molecule has 1 nitrogen and oxygen atoms in total. The molecule has 84 valence electrons. The van der Waals surface area contributed by atoms with Crippen LogP contribution in [0.5, 0.6) is 0 Å². The maximum absolute atomic E-state index is 5.89. The molecular weight excluding hydrogens is 229 g/mol. The molecule has 0 aliphatic carbocycles. The molecule has 0 heterocycles. The average Bonchev–Trinajstić information content (AvgIpc) is 2.18. The van der Waals surface area contributed by atoms with Crippen LogP contribution in [0, 0.1) is 5.92 Å². The van der Waals surface area contributed by atoms with E-state index in [9.17, 15) is 0 Å². The van der Waals surface area contributed by atoms with E-state index in [1.54, 1.807) is 0 Å². The van der Waals surface area contributed by atoms with Crippen LogP contribution in [-0.4, -0.2) is 12.4 Å². The molecule has 0 saturated heterocycles. The summed E-state index contributed by atoms with van der Waals surface area (Å²) < 4.78 is 0. The summed E-state index contributed by atoms with van der Waals surface area (Å²) in [6, 6.07) is 7.93. The van der Waals surface area contributed by atoms with Gasteiger partial charge in [0, 0.05) is 17.4 Å². The first-order chi connectivity index (χ1) is 7.22. The Bertz CT molecular complexity index is 289. The van der Waals surface area contributed by atoms with Crippen molar-refractivity contribution in [3.05, 3.63) is 34.9 Å². The third-order valence-electron chi connectivity index (χ3n) is 2.31. The monoisotopic (exact) mass is 245 g/mol. The highest BCUT2D eigenvalue weighted by atomic mass is 35.5. The molecule has 0 aromatic heterocycles. The summed E-state index contributed by atoms with van der Waals surface area (Å²) >= 11 is 11.6. The first kappa shape index (κ1) is 12.8. The van der Waals surface area contributed by atoms with Crippen molar-refractivity contribution in [2.24, 2.45) is 5.92 Å². The number of rotatable bonds is 6. The molecule has 0 fully saturated rings. The van der Waals surface area contributed by atoms with Gasteiger partial charge >= 0.3 is 0 Å². The Morgan fingerprint density at radius 2 is 2.20 bits per heavy atom. The quantitative estimate of drug-likeness (QED) is 0.755. The minimum Gasteiger partial charge on any atom is -0.312 e. The van der Waals surface area contributed by atoms with Gasteiger partial charge in [0.15, 0.2) is 0 Å². The maximum Gasteiger partial charge on any atom is 0.0409 e. The van der Waals surface area contributed by atoms with Crippen molar-refractivity contribution in [3.8, 4) is 0 Å². The van der Waals surface area contributed by atoms with Crippen molar-refractivity contribution >= 4 is 23.2 Å². The smallest absolute Gasteiger partial charge is 0.0409 e. The summed E-state index contributed by atoms with van der Waals surface area (Å²) in [6.45, 7) is 4.07. The molecular formula is C12H17Cl2N. The van der Waals surface area contributed by atoms with Crippen LogP contribution in [0.4, 0.5) is 0 Å². The molecule has 0 spiro atoms. The van der Waals surface area contributed by atoms with E-state index in [2.05, 4.69) is 18.3 Å². The number of hydrogen-bond donors (Lipinski definition) is 1. The van der Waals surface area contributed by atoms with Crippen molar-refractivity contribution in [1.82, 2.24) is 5.32 Å². The van der Waals surface area contributed by atoms with Crippen LogP contribution in [0.15, 0.2) is 24.3 Å². The van der Waals surface area contributed by atoms with Gasteiger partial charge in [0.1, 0.15) is 0 Å². The number of nitrogens with one attached hydrogen (secondary N) is 1. The third-order valence-corrected chi connectivity index (χ3v) is 2.77. The van der Waals surface area contributed by atoms with Crippen LogP contribution in [-0.2, 0) is 6.54 Å². The number of hydrogen-bond acceptors (Lipinski definition) is 1. The highest BCUT2D eigenvalue weighted by molar-refractivity contribution is 6.30. The van der Waals surface area contributed by atoms with Crippen LogP contribution in [0.1, 0.15) is 18.9 Å². The van der Waals surface area contributed by atoms with Gasteiger partial charge in [-0.3, -0.25) is 0 Å². The van der Waals surface area contributed by atoms with Gasteiger partial charge in [0.2, 0.25) is 0 Å². The molecule has 0 radical (unpaired) electrons. The number of benzene rings is 1. The molecule has 0 aliphatic heterocycles. The topological polar surface area (TPSA) is 12.0 Å². The lowest BCUT2D eigenvalue weighted by Crippen LogP contribution is -2.20. The standard InChI is InChI=1S/C12H17Cl2N/c1-10(5-6-13)8-15-9-11-3-2-4-12(14)7-11/h2-4,7,10,15H,5-6,8-9H2,1H3. The van der Waals surface area contributed by atoms with E-state index in [-0.39, 0.29) is 0 Å². The lowest BCUT2D eigenvalue weighted by molar-refractivity contribution is 0.502. The van der Waals surface area contributed by atoms with Crippen LogP contribution >= 0.6 is 23.2 Å². The predicted molar refractivity (Wildman–Crippen MR) is 67.7 cm³/mol. The first-order valence-electron chi connectivity index (χ1n) is 5.23. The zero-order valence-corrected chi connectivity index (χ0v) is 10.5. The second kappa shape index (κ2) is 7.10. The number of alkyl halides is 1. The van der Waals surface area contributed by atoms with E-state index in [1.807, 2.05) is 18.2 Å². The van der Waals surface area contributed by atoms with Crippen LogP contribution in [0.3, 0.4) is 0 Å². The van der Waals surface area contributed by atoms with Gasteiger partial charge in [0.25, 0.3) is 0 Å². The van der Waals surface area contributed by atoms with E-state index in [0.717, 1.165) is 30.4 Å². The van der Waals surface area contributed by atoms with E-state index in [1.165, 1.54) is 5.56 Å². The lowest BCUT2D eigenvalue weighted by atomic mass is 10.1. The molecule has 1 N–H and O–H groups in total. The molecule has 15 heavy (non-hydrogen) atoms. The molecule has 0 aliphatic rings. The normalized spacial score (nSPS) is 12.7. The molecule has 1 aromatic carbocycles. The number of halogens is 2. The summed E-state index contributed by atoms with van der Waals surface area (Å²) in [6.07, 6.45) is 1.06. The Balaban J connectivity index is 2.25. The fraction of sp³-hybridized carbons (Fsp3) is 0.500. The van der Waals surface area contributed by atoms with E-state index < -0.39 is 0 Å². The Morgan fingerprint density at radius 1 is 1.40 bits per heavy atom. The van der Waals surface area contributed by atoms with Gasteiger partial charge in [-0.25, -0.2) is 0 Å². The summed E-state index contributed by atoms with van der Waals surface area (Å²) in [7, 11) is 0. The minimum atomic E-state index is 0.627. The molecule has 1 atom stereocenters. The SMILES string of the molecule is CC(CCCl)CNCc1cccc(Cl)c1. The highest BCUT2D eigenvalue weighted by Gasteiger charge is 2.00. The summed E-state index contributed by atoms with van der Waals surface area (Å²) in [5, 5.41) is 4.19. The molecule has 1 rings (SSSR count). The first-order valence-corrected chi connectivity index (χ1v) is 6.14. The molecule has 0 bridgehead atoms. The molecule has 1 aromatic rings. The summed E-state index contributed by atoms with van der Waals surface area (Å²) in [5.41, 5.74) is 1.22. The fourth-order valence-corrected chi connectivity index (χ4v) is 1.98. The minimum absolute atomic E-state index is 0.627. The second-order valence-corrected chi connectivity index (χ2v) is 4.66. The van der Waals surface area contributed by atoms with Crippen LogP contribution in [0.2, 0.25) is 5.02 Å². The van der Waals surface area contributed by atoms with Gasteiger partial charge in [-0.1, -0.05) is 30.7 Å². The third kappa shape index (κ3) is 5.41. The molecule has 0 saturated carbocycles. The van der Waals surface area contributed by atoms with Gasteiger partial charge in [-0.2, -0.15) is 0 Å². The highest BCUT2D eigenvalue weighted by Crippen LogP contribution is 2.10. The van der Waals surface area contributed by atoms with E-state index in [4.69, 9.17) is 23.2 Å². The average molecular weight is 246 g/mol. The fourth-order valence-electron chi connectivity index (χ4n) is 1.40. The van der Waals surface area contributed by atoms with Gasteiger partial charge in [-0.05, 0) is 36.6 Å². The Morgan fingerprint density at radius 3 is 2.87 bits per heavy atom. The predicted octanol–water partition coefficient (Wildman–Crippen LogP) is 3.69.